The normalized spacial score (nSPS) is 11.4. The number of primary amides is 1. The SMILES string of the molecule is CN=C(NCc1cccc(C(N)=O)c1)NCC(C)(C)c1ccccc1.I. The molecule has 0 aliphatic heterocycles. The summed E-state index contributed by atoms with van der Waals surface area (Å²) in [7, 11) is 1.74. The van der Waals surface area contributed by atoms with Gasteiger partial charge in [-0.15, -0.1) is 24.0 Å². The third-order valence-corrected chi connectivity index (χ3v) is 4.15. The Hall–Kier alpha value is -2.09. The highest BCUT2D eigenvalue weighted by Gasteiger charge is 2.20. The maximum Gasteiger partial charge on any atom is 0.248 e. The van der Waals surface area contributed by atoms with E-state index < -0.39 is 5.91 Å². The number of carbonyl (C=O) groups is 1. The van der Waals surface area contributed by atoms with E-state index in [4.69, 9.17) is 5.73 Å². The standard InChI is InChI=1S/C20H26N4O.HI/c1-20(2,17-10-5-4-6-11-17)14-24-19(22-3)23-13-15-8-7-9-16(12-15)18(21)25;/h4-12H,13-14H2,1-3H3,(H2,21,25)(H2,22,23,24);1H. The first-order valence-corrected chi connectivity index (χ1v) is 8.31. The van der Waals surface area contributed by atoms with Gasteiger partial charge >= 0.3 is 0 Å². The molecule has 0 atom stereocenters. The molecular weight excluding hydrogens is 439 g/mol. The van der Waals surface area contributed by atoms with E-state index in [2.05, 4.69) is 53.7 Å². The lowest BCUT2D eigenvalue weighted by molar-refractivity contribution is 0.1000. The van der Waals surface area contributed by atoms with Crippen LogP contribution in [-0.4, -0.2) is 25.5 Å². The predicted octanol–water partition coefficient (Wildman–Crippen LogP) is 3.05. The van der Waals surface area contributed by atoms with E-state index in [1.165, 1.54) is 5.56 Å². The number of nitrogens with one attached hydrogen (secondary N) is 2. The van der Waals surface area contributed by atoms with Crippen molar-refractivity contribution in [1.82, 2.24) is 10.6 Å². The van der Waals surface area contributed by atoms with E-state index >= 15 is 0 Å². The number of rotatable bonds is 6. The lowest BCUT2D eigenvalue weighted by Crippen LogP contribution is -2.43. The summed E-state index contributed by atoms with van der Waals surface area (Å²) in [5.74, 6) is 0.294. The zero-order valence-electron chi connectivity index (χ0n) is 15.5. The van der Waals surface area contributed by atoms with Gasteiger partial charge in [0, 0.05) is 31.1 Å². The van der Waals surface area contributed by atoms with Crippen molar-refractivity contribution in [1.29, 1.82) is 0 Å². The number of aliphatic imine (C=N–C) groups is 1. The number of benzene rings is 2. The minimum absolute atomic E-state index is 0. The maximum absolute atomic E-state index is 11.3. The summed E-state index contributed by atoms with van der Waals surface area (Å²) in [6.45, 7) is 5.70. The van der Waals surface area contributed by atoms with Crippen molar-refractivity contribution in [3.8, 4) is 0 Å². The smallest absolute Gasteiger partial charge is 0.248 e. The Morgan fingerprint density at radius 3 is 2.38 bits per heavy atom. The molecule has 1 amide bonds. The molecule has 4 N–H and O–H groups in total. The molecule has 0 saturated heterocycles. The van der Waals surface area contributed by atoms with Gasteiger partial charge in [0.25, 0.3) is 0 Å². The fraction of sp³-hybridized carbons (Fsp3) is 0.300. The van der Waals surface area contributed by atoms with Gasteiger partial charge in [0.05, 0.1) is 0 Å². The van der Waals surface area contributed by atoms with Gasteiger partial charge in [0.1, 0.15) is 0 Å². The summed E-state index contributed by atoms with van der Waals surface area (Å²) < 4.78 is 0. The number of nitrogens with zero attached hydrogens (tertiary/aromatic N) is 1. The Bertz CT molecular complexity index is 744. The number of guanidine groups is 1. The average molecular weight is 466 g/mol. The quantitative estimate of drug-likeness (QED) is 0.348. The van der Waals surface area contributed by atoms with Crippen LogP contribution < -0.4 is 16.4 Å². The zero-order valence-corrected chi connectivity index (χ0v) is 17.8. The van der Waals surface area contributed by atoms with Crippen LogP contribution in [0.25, 0.3) is 0 Å². The molecule has 0 spiro atoms. The van der Waals surface area contributed by atoms with Crippen molar-refractivity contribution in [2.45, 2.75) is 25.8 Å². The Balaban J connectivity index is 0.00000338. The van der Waals surface area contributed by atoms with E-state index in [0.29, 0.717) is 18.1 Å². The molecule has 0 radical (unpaired) electrons. The number of hydrogen-bond donors (Lipinski definition) is 3. The van der Waals surface area contributed by atoms with E-state index in [0.717, 1.165) is 12.1 Å². The van der Waals surface area contributed by atoms with Gasteiger partial charge in [0.2, 0.25) is 5.91 Å². The largest absolute Gasteiger partial charge is 0.366 e. The van der Waals surface area contributed by atoms with Gasteiger partial charge in [-0.1, -0.05) is 56.3 Å². The maximum atomic E-state index is 11.3. The molecule has 0 aromatic heterocycles. The fourth-order valence-corrected chi connectivity index (χ4v) is 2.54. The average Bonchev–Trinajstić information content (AvgIpc) is 2.63. The second kappa shape index (κ2) is 10.2. The van der Waals surface area contributed by atoms with Crippen LogP contribution in [0, 0.1) is 0 Å². The molecule has 2 aromatic rings. The molecule has 0 saturated carbocycles. The molecule has 0 bridgehead atoms. The summed E-state index contributed by atoms with van der Waals surface area (Å²) >= 11 is 0. The number of amides is 1. The van der Waals surface area contributed by atoms with Crippen molar-refractivity contribution < 1.29 is 4.79 Å². The van der Waals surface area contributed by atoms with Crippen LogP contribution in [0.3, 0.4) is 0 Å². The molecule has 0 unspecified atom stereocenters. The Labute approximate surface area is 172 Å². The van der Waals surface area contributed by atoms with Crippen LogP contribution in [0.4, 0.5) is 0 Å². The summed E-state index contributed by atoms with van der Waals surface area (Å²) in [5, 5.41) is 6.63. The zero-order chi connectivity index (χ0) is 18.3. The molecule has 140 valence electrons. The topological polar surface area (TPSA) is 79.5 Å². The molecule has 0 aliphatic carbocycles. The van der Waals surface area contributed by atoms with Gasteiger partial charge in [-0.3, -0.25) is 9.79 Å². The third kappa shape index (κ3) is 6.33. The van der Waals surface area contributed by atoms with Gasteiger partial charge in [0.15, 0.2) is 5.96 Å². The summed E-state index contributed by atoms with van der Waals surface area (Å²) in [6.07, 6.45) is 0. The second-order valence-electron chi connectivity index (χ2n) is 6.59. The van der Waals surface area contributed by atoms with Gasteiger partial charge in [-0.2, -0.15) is 0 Å². The van der Waals surface area contributed by atoms with Crippen LogP contribution in [0.1, 0.15) is 35.3 Å². The summed E-state index contributed by atoms with van der Waals surface area (Å²) in [5.41, 5.74) is 8.05. The van der Waals surface area contributed by atoms with Crippen molar-refractivity contribution in [2.24, 2.45) is 10.7 Å². The molecule has 2 aromatic carbocycles. The predicted molar refractivity (Wildman–Crippen MR) is 118 cm³/mol. The minimum Gasteiger partial charge on any atom is -0.366 e. The van der Waals surface area contributed by atoms with Crippen LogP contribution in [0.15, 0.2) is 59.6 Å². The molecule has 0 aliphatic rings. The first-order valence-electron chi connectivity index (χ1n) is 8.31. The molecule has 0 heterocycles. The highest BCUT2D eigenvalue weighted by molar-refractivity contribution is 14.0. The van der Waals surface area contributed by atoms with E-state index in [1.54, 1.807) is 19.2 Å². The van der Waals surface area contributed by atoms with Gasteiger partial charge < -0.3 is 16.4 Å². The van der Waals surface area contributed by atoms with E-state index in [-0.39, 0.29) is 29.4 Å². The number of halogens is 1. The van der Waals surface area contributed by atoms with Crippen molar-refractivity contribution in [3.05, 3.63) is 71.3 Å². The number of nitrogens with two attached hydrogens (primary N) is 1. The van der Waals surface area contributed by atoms with E-state index in [9.17, 15) is 4.79 Å². The highest BCUT2D eigenvalue weighted by atomic mass is 127. The second-order valence-corrected chi connectivity index (χ2v) is 6.59. The van der Waals surface area contributed by atoms with Crippen LogP contribution in [0.2, 0.25) is 0 Å². The summed E-state index contributed by atoms with van der Waals surface area (Å²) in [6, 6.07) is 17.7. The van der Waals surface area contributed by atoms with Crippen LogP contribution in [-0.2, 0) is 12.0 Å². The lowest BCUT2D eigenvalue weighted by Gasteiger charge is -2.26. The molecule has 2 rings (SSSR count). The first kappa shape index (κ1) is 22.0. The molecule has 0 fully saturated rings. The minimum atomic E-state index is -0.422. The fourth-order valence-electron chi connectivity index (χ4n) is 2.54. The molecular formula is C20H27IN4O. The Kier molecular flexibility index (Phi) is 8.57. The van der Waals surface area contributed by atoms with E-state index in [1.807, 2.05) is 18.2 Å². The van der Waals surface area contributed by atoms with Crippen LogP contribution >= 0.6 is 24.0 Å². The molecule has 5 nitrogen and oxygen atoms in total. The van der Waals surface area contributed by atoms with Gasteiger partial charge in [-0.25, -0.2) is 0 Å². The Morgan fingerprint density at radius 2 is 1.77 bits per heavy atom. The number of hydrogen-bond acceptors (Lipinski definition) is 2. The molecule has 26 heavy (non-hydrogen) atoms. The Morgan fingerprint density at radius 1 is 1.08 bits per heavy atom. The summed E-state index contributed by atoms with van der Waals surface area (Å²) in [4.78, 5) is 15.5. The lowest BCUT2D eigenvalue weighted by atomic mass is 9.85. The third-order valence-electron chi connectivity index (χ3n) is 4.15. The van der Waals surface area contributed by atoms with Crippen molar-refractivity contribution in [2.75, 3.05) is 13.6 Å². The van der Waals surface area contributed by atoms with Crippen molar-refractivity contribution in [3.63, 3.8) is 0 Å². The highest BCUT2D eigenvalue weighted by Crippen LogP contribution is 2.21. The van der Waals surface area contributed by atoms with Gasteiger partial charge in [-0.05, 0) is 23.3 Å². The molecule has 6 heteroatoms. The van der Waals surface area contributed by atoms with Crippen molar-refractivity contribution >= 4 is 35.8 Å². The number of carbonyl (C=O) groups excluding carboxylic acids is 1. The first-order chi connectivity index (χ1) is 11.9. The monoisotopic (exact) mass is 466 g/mol. The van der Waals surface area contributed by atoms with Crippen LogP contribution in [0.5, 0.6) is 0 Å².